The van der Waals surface area contributed by atoms with Crippen molar-refractivity contribution in [1.29, 1.82) is 0 Å². The Morgan fingerprint density at radius 3 is 2.52 bits per heavy atom. The molecule has 0 N–H and O–H groups in total. The molecule has 0 aromatic heterocycles. The Balaban J connectivity index is 2.01. The molecular weight excluding hydrogens is 309 g/mol. The number of hydrogen-bond donors (Lipinski definition) is 0. The highest BCUT2D eigenvalue weighted by Crippen LogP contribution is 2.36. The lowest BCUT2D eigenvalue weighted by Crippen LogP contribution is -2.19. The third-order valence-electron chi connectivity index (χ3n) is 3.45. The van der Waals surface area contributed by atoms with E-state index in [1.165, 1.54) is 13.2 Å². The second kappa shape index (κ2) is 5.79. The number of Topliss-reactive ketones (excluding diaryl/α,β-unsaturated/α-hetero) is 1. The molecule has 3 rings (SSSR count). The number of carbonyl (C=O) groups excluding carboxylic acids is 1. The van der Waals surface area contributed by atoms with Crippen LogP contribution in [0.15, 0.2) is 35.9 Å². The molecule has 0 spiro atoms. The Bertz CT molecular complexity index is 805. The highest BCUT2D eigenvalue weighted by atomic mass is 19.2. The van der Waals surface area contributed by atoms with Crippen molar-refractivity contribution in [3.63, 3.8) is 0 Å². The van der Waals surface area contributed by atoms with Gasteiger partial charge in [-0.25, -0.2) is 13.2 Å². The fourth-order valence-corrected chi connectivity index (χ4v) is 2.36. The molecule has 1 aliphatic heterocycles. The second-order valence-electron chi connectivity index (χ2n) is 4.92. The summed E-state index contributed by atoms with van der Waals surface area (Å²) < 4.78 is 50.1. The number of methoxy groups -OCH3 is 1. The van der Waals surface area contributed by atoms with Gasteiger partial charge in [0, 0.05) is 5.57 Å². The molecule has 1 aliphatic rings. The van der Waals surface area contributed by atoms with Gasteiger partial charge < -0.3 is 9.47 Å². The van der Waals surface area contributed by atoms with Crippen LogP contribution in [0.25, 0.3) is 6.08 Å². The zero-order chi connectivity index (χ0) is 16.6. The number of benzene rings is 2. The maximum Gasteiger partial charge on any atom is 0.196 e. The maximum absolute atomic E-state index is 13.3. The third kappa shape index (κ3) is 2.67. The number of rotatable bonds is 2. The topological polar surface area (TPSA) is 35.5 Å². The van der Waals surface area contributed by atoms with Crippen LogP contribution in [0, 0.1) is 17.5 Å². The Morgan fingerprint density at radius 2 is 1.87 bits per heavy atom. The zero-order valence-electron chi connectivity index (χ0n) is 12.0. The number of para-hydroxylation sites is 1. The summed E-state index contributed by atoms with van der Waals surface area (Å²) in [5, 5.41) is 0. The molecule has 0 saturated heterocycles. The first-order valence-electron chi connectivity index (χ1n) is 6.71. The molecule has 118 valence electrons. The van der Waals surface area contributed by atoms with Crippen LogP contribution in [0.4, 0.5) is 13.2 Å². The Labute approximate surface area is 130 Å². The van der Waals surface area contributed by atoms with Gasteiger partial charge in [0.1, 0.15) is 6.61 Å². The number of fused-ring (bicyclic) bond motifs is 1. The van der Waals surface area contributed by atoms with E-state index in [-0.39, 0.29) is 23.5 Å². The zero-order valence-corrected chi connectivity index (χ0v) is 12.0. The van der Waals surface area contributed by atoms with Crippen molar-refractivity contribution in [2.24, 2.45) is 0 Å². The molecule has 0 unspecified atom stereocenters. The van der Waals surface area contributed by atoms with Crippen LogP contribution in [-0.2, 0) is 0 Å². The number of halogens is 3. The molecule has 0 atom stereocenters. The highest BCUT2D eigenvalue weighted by molar-refractivity contribution is 6.14. The van der Waals surface area contributed by atoms with Crippen LogP contribution in [0.5, 0.6) is 11.5 Å². The van der Waals surface area contributed by atoms with Gasteiger partial charge in [-0.2, -0.15) is 0 Å². The normalized spacial score (nSPS) is 15.3. The predicted molar refractivity (Wildman–Crippen MR) is 77.1 cm³/mol. The standard InChI is InChI=1S/C17H11F3O3/c1-22-14-4-2-3-11-16(21)10(8-23-17(11)14)5-9-6-12(18)15(20)13(19)7-9/h2-7H,8H2,1H3/b10-5+. The van der Waals surface area contributed by atoms with Gasteiger partial charge in [0.05, 0.1) is 12.7 Å². The van der Waals surface area contributed by atoms with Crippen molar-refractivity contribution in [3.05, 3.63) is 64.5 Å². The average molecular weight is 320 g/mol. The van der Waals surface area contributed by atoms with Crippen molar-refractivity contribution in [3.8, 4) is 11.5 Å². The highest BCUT2D eigenvalue weighted by Gasteiger charge is 2.26. The van der Waals surface area contributed by atoms with E-state index in [0.29, 0.717) is 17.1 Å². The Hall–Kier alpha value is -2.76. The largest absolute Gasteiger partial charge is 0.493 e. The minimum atomic E-state index is -1.55. The molecule has 0 aliphatic carbocycles. The summed E-state index contributed by atoms with van der Waals surface area (Å²) in [6.45, 7) is -0.0766. The predicted octanol–water partition coefficient (Wildman–Crippen LogP) is 3.77. The van der Waals surface area contributed by atoms with Crippen molar-refractivity contribution in [1.82, 2.24) is 0 Å². The van der Waals surface area contributed by atoms with Crippen LogP contribution in [0.2, 0.25) is 0 Å². The van der Waals surface area contributed by atoms with E-state index in [1.807, 2.05) is 0 Å². The van der Waals surface area contributed by atoms with Crippen LogP contribution < -0.4 is 9.47 Å². The third-order valence-corrected chi connectivity index (χ3v) is 3.45. The fourth-order valence-electron chi connectivity index (χ4n) is 2.36. The first kappa shape index (κ1) is 15.1. The summed E-state index contributed by atoms with van der Waals surface area (Å²) in [6.07, 6.45) is 1.27. The summed E-state index contributed by atoms with van der Waals surface area (Å²) in [7, 11) is 1.46. The van der Waals surface area contributed by atoms with E-state index in [0.717, 1.165) is 12.1 Å². The van der Waals surface area contributed by atoms with E-state index in [1.54, 1.807) is 18.2 Å². The molecule has 2 aromatic rings. The monoisotopic (exact) mass is 320 g/mol. The summed E-state index contributed by atoms with van der Waals surface area (Å²) in [5.41, 5.74) is 0.542. The number of ether oxygens (including phenoxy) is 2. The fraction of sp³-hybridized carbons (Fsp3) is 0.118. The van der Waals surface area contributed by atoms with Crippen molar-refractivity contribution < 1.29 is 27.4 Å². The Morgan fingerprint density at radius 1 is 1.17 bits per heavy atom. The number of hydrogen-bond acceptors (Lipinski definition) is 3. The minimum absolute atomic E-state index is 0.0414. The van der Waals surface area contributed by atoms with Gasteiger partial charge in [-0.15, -0.1) is 0 Å². The number of ketones is 1. The van der Waals surface area contributed by atoms with E-state index in [2.05, 4.69) is 0 Å². The van der Waals surface area contributed by atoms with Gasteiger partial charge in [-0.1, -0.05) is 6.07 Å². The molecule has 0 saturated carbocycles. The second-order valence-corrected chi connectivity index (χ2v) is 4.92. The molecular formula is C17H11F3O3. The summed E-state index contributed by atoms with van der Waals surface area (Å²) in [6, 6.07) is 6.50. The average Bonchev–Trinajstić information content (AvgIpc) is 2.54. The molecule has 0 bridgehead atoms. The van der Waals surface area contributed by atoms with Crippen molar-refractivity contribution in [2.45, 2.75) is 0 Å². The summed E-state index contributed by atoms with van der Waals surface area (Å²) in [4.78, 5) is 12.5. The van der Waals surface area contributed by atoms with Gasteiger partial charge >= 0.3 is 0 Å². The SMILES string of the molecule is COc1cccc2c1OC/C(=C\c1cc(F)c(F)c(F)c1)C2=O. The molecule has 2 aromatic carbocycles. The van der Waals surface area contributed by atoms with Crippen LogP contribution >= 0.6 is 0 Å². The molecule has 3 nitrogen and oxygen atoms in total. The van der Waals surface area contributed by atoms with Gasteiger partial charge in [-0.3, -0.25) is 4.79 Å². The van der Waals surface area contributed by atoms with Crippen molar-refractivity contribution in [2.75, 3.05) is 13.7 Å². The molecule has 6 heteroatoms. The van der Waals surface area contributed by atoms with E-state index < -0.39 is 17.5 Å². The van der Waals surface area contributed by atoms with Crippen LogP contribution in [0.3, 0.4) is 0 Å². The molecule has 23 heavy (non-hydrogen) atoms. The minimum Gasteiger partial charge on any atom is -0.493 e. The van der Waals surface area contributed by atoms with Gasteiger partial charge in [-0.05, 0) is 35.9 Å². The van der Waals surface area contributed by atoms with Crippen LogP contribution in [-0.4, -0.2) is 19.5 Å². The molecule has 1 heterocycles. The lowest BCUT2D eigenvalue weighted by molar-refractivity contribution is 0.0999. The van der Waals surface area contributed by atoms with Crippen molar-refractivity contribution >= 4 is 11.9 Å². The lowest BCUT2D eigenvalue weighted by Gasteiger charge is -2.20. The molecule has 0 amide bonds. The van der Waals surface area contributed by atoms with E-state index in [4.69, 9.17) is 9.47 Å². The van der Waals surface area contributed by atoms with Crippen LogP contribution in [0.1, 0.15) is 15.9 Å². The number of carbonyl (C=O) groups is 1. The molecule has 0 radical (unpaired) electrons. The quantitative estimate of drug-likeness (QED) is 0.624. The van der Waals surface area contributed by atoms with Gasteiger partial charge in [0.15, 0.2) is 34.7 Å². The smallest absolute Gasteiger partial charge is 0.196 e. The lowest BCUT2D eigenvalue weighted by atomic mass is 9.98. The first-order valence-corrected chi connectivity index (χ1v) is 6.71. The van der Waals surface area contributed by atoms with E-state index >= 15 is 0 Å². The van der Waals surface area contributed by atoms with Gasteiger partial charge in [0.2, 0.25) is 0 Å². The Kier molecular flexibility index (Phi) is 3.82. The van der Waals surface area contributed by atoms with Gasteiger partial charge in [0.25, 0.3) is 0 Å². The summed E-state index contributed by atoms with van der Waals surface area (Å²) in [5.74, 6) is -3.77. The first-order chi connectivity index (χ1) is 11.0. The van der Waals surface area contributed by atoms with E-state index in [9.17, 15) is 18.0 Å². The maximum atomic E-state index is 13.3. The summed E-state index contributed by atoms with van der Waals surface area (Å²) >= 11 is 0. The molecule has 0 fully saturated rings.